The summed E-state index contributed by atoms with van der Waals surface area (Å²) in [6, 6.07) is 5.79. The van der Waals surface area contributed by atoms with Crippen molar-refractivity contribution in [1.82, 2.24) is 5.16 Å². The number of carbonyl (C=O) groups excluding carboxylic acids is 1. The van der Waals surface area contributed by atoms with Crippen molar-refractivity contribution < 1.29 is 14.1 Å². The quantitative estimate of drug-likeness (QED) is 0.686. The van der Waals surface area contributed by atoms with Crippen LogP contribution in [0.2, 0.25) is 5.02 Å². The van der Waals surface area contributed by atoms with Crippen LogP contribution in [-0.2, 0) is 14.9 Å². The van der Waals surface area contributed by atoms with E-state index in [1.54, 1.807) is 0 Å². The molecule has 0 bridgehead atoms. The maximum atomic E-state index is 12.4. The number of aryl methyl sites for hydroxylation is 2. The lowest BCUT2D eigenvalue weighted by Crippen LogP contribution is -2.26. The highest BCUT2D eigenvalue weighted by molar-refractivity contribution is 6.30. The lowest BCUT2D eigenvalue weighted by molar-refractivity contribution is -0.155. The molecule has 0 amide bonds. The van der Waals surface area contributed by atoms with Gasteiger partial charge in [0.15, 0.2) is 5.76 Å². The minimum Gasteiger partial charge on any atom is -0.460 e. The Morgan fingerprint density at radius 3 is 2.56 bits per heavy atom. The van der Waals surface area contributed by atoms with E-state index in [4.69, 9.17) is 20.9 Å². The maximum absolute atomic E-state index is 12.4. The van der Waals surface area contributed by atoms with Crippen molar-refractivity contribution in [1.29, 1.82) is 0 Å². The van der Waals surface area contributed by atoms with Crippen LogP contribution in [0.3, 0.4) is 0 Å². The molecule has 5 heteroatoms. The molecule has 1 aliphatic carbocycles. The van der Waals surface area contributed by atoms with Crippen molar-refractivity contribution in [3.05, 3.63) is 40.2 Å². The topological polar surface area (TPSA) is 52.3 Å². The van der Waals surface area contributed by atoms with Crippen LogP contribution in [0.15, 0.2) is 22.7 Å². The SMILES string of the molecule is Cc1cc(Cl)ccc1-c1c(C)noc1C1(CC(=O)OC(C)(C)C)CC1. The predicted molar refractivity (Wildman–Crippen MR) is 97.8 cm³/mol. The summed E-state index contributed by atoms with van der Waals surface area (Å²) in [5.74, 6) is 0.596. The van der Waals surface area contributed by atoms with Crippen LogP contribution in [0, 0.1) is 13.8 Å². The number of rotatable bonds is 4. The van der Waals surface area contributed by atoms with Gasteiger partial charge in [0, 0.05) is 16.0 Å². The van der Waals surface area contributed by atoms with Crippen molar-refractivity contribution in [3.63, 3.8) is 0 Å². The number of esters is 1. The first-order valence-corrected chi connectivity index (χ1v) is 8.94. The van der Waals surface area contributed by atoms with Crippen molar-refractivity contribution >= 4 is 17.6 Å². The predicted octanol–water partition coefficient (Wildman–Crippen LogP) is 5.38. The molecule has 2 aromatic rings. The van der Waals surface area contributed by atoms with Gasteiger partial charge in [-0.2, -0.15) is 0 Å². The van der Waals surface area contributed by atoms with Crippen molar-refractivity contribution in [3.8, 4) is 11.1 Å². The van der Waals surface area contributed by atoms with Gasteiger partial charge in [0.25, 0.3) is 0 Å². The Morgan fingerprint density at radius 1 is 1.32 bits per heavy atom. The van der Waals surface area contributed by atoms with Crippen molar-refractivity contribution in [2.45, 2.75) is 64.9 Å². The molecule has 3 rings (SSSR count). The van der Waals surface area contributed by atoms with E-state index in [0.717, 1.165) is 41.0 Å². The molecule has 0 aliphatic heterocycles. The molecule has 1 fully saturated rings. The van der Waals surface area contributed by atoms with Crippen molar-refractivity contribution in [2.75, 3.05) is 0 Å². The van der Waals surface area contributed by atoms with Crippen LogP contribution in [0.5, 0.6) is 0 Å². The van der Waals surface area contributed by atoms with Gasteiger partial charge in [0.05, 0.1) is 12.1 Å². The third-order valence-electron chi connectivity index (χ3n) is 4.56. The van der Waals surface area contributed by atoms with Crippen LogP contribution in [0.4, 0.5) is 0 Å². The molecule has 25 heavy (non-hydrogen) atoms. The second kappa shape index (κ2) is 6.17. The van der Waals surface area contributed by atoms with E-state index in [1.165, 1.54) is 0 Å². The Labute approximate surface area is 153 Å². The molecule has 0 N–H and O–H groups in total. The highest BCUT2D eigenvalue weighted by atomic mass is 35.5. The fourth-order valence-corrected chi connectivity index (χ4v) is 3.47. The fraction of sp³-hybridized carbons (Fsp3) is 0.500. The van der Waals surface area contributed by atoms with Gasteiger partial charge in [-0.1, -0.05) is 22.8 Å². The number of carbonyl (C=O) groups is 1. The van der Waals surface area contributed by atoms with Gasteiger partial charge in [-0.05, 0) is 70.7 Å². The Morgan fingerprint density at radius 2 is 2.00 bits per heavy atom. The molecular formula is C20H24ClNO3. The Hall–Kier alpha value is -1.81. The minimum absolute atomic E-state index is 0.196. The fourth-order valence-electron chi connectivity index (χ4n) is 3.25. The highest BCUT2D eigenvalue weighted by Crippen LogP contribution is 2.55. The van der Waals surface area contributed by atoms with E-state index in [0.29, 0.717) is 11.4 Å². The summed E-state index contributed by atoms with van der Waals surface area (Å²) in [4.78, 5) is 12.4. The summed E-state index contributed by atoms with van der Waals surface area (Å²) in [5.41, 5.74) is 3.14. The normalized spacial score (nSPS) is 15.9. The minimum atomic E-state index is -0.486. The van der Waals surface area contributed by atoms with Crippen LogP contribution in [-0.4, -0.2) is 16.7 Å². The summed E-state index contributed by atoms with van der Waals surface area (Å²) in [6.45, 7) is 9.59. The highest BCUT2D eigenvalue weighted by Gasteiger charge is 2.52. The van der Waals surface area contributed by atoms with Crippen molar-refractivity contribution in [2.24, 2.45) is 0 Å². The van der Waals surface area contributed by atoms with Gasteiger partial charge < -0.3 is 9.26 Å². The van der Waals surface area contributed by atoms with Gasteiger partial charge in [-0.3, -0.25) is 4.79 Å². The molecule has 1 heterocycles. The van der Waals surface area contributed by atoms with Gasteiger partial charge in [0.1, 0.15) is 5.60 Å². The molecule has 1 aromatic heterocycles. The Kier molecular flexibility index (Phi) is 4.44. The Balaban J connectivity index is 1.95. The number of benzene rings is 1. The van der Waals surface area contributed by atoms with E-state index in [2.05, 4.69) is 5.16 Å². The third-order valence-corrected chi connectivity index (χ3v) is 4.79. The number of hydrogen-bond acceptors (Lipinski definition) is 4. The zero-order valence-corrected chi connectivity index (χ0v) is 16.2. The molecule has 1 aromatic carbocycles. The van der Waals surface area contributed by atoms with E-state index in [-0.39, 0.29) is 11.4 Å². The number of aromatic nitrogens is 1. The van der Waals surface area contributed by atoms with Gasteiger partial charge >= 0.3 is 5.97 Å². The first-order valence-electron chi connectivity index (χ1n) is 8.56. The second-order valence-electron chi connectivity index (χ2n) is 7.97. The van der Waals surface area contributed by atoms with Crippen LogP contribution >= 0.6 is 11.6 Å². The molecule has 0 saturated heterocycles. The second-order valence-corrected chi connectivity index (χ2v) is 8.41. The molecule has 1 saturated carbocycles. The smallest absolute Gasteiger partial charge is 0.307 e. The monoisotopic (exact) mass is 361 g/mol. The molecule has 0 atom stereocenters. The lowest BCUT2D eigenvalue weighted by atomic mass is 9.90. The first kappa shape index (κ1) is 18.0. The van der Waals surface area contributed by atoms with Gasteiger partial charge in [-0.15, -0.1) is 0 Å². The van der Waals surface area contributed by atoms with Crippen LogP contribution in [0.1, 0.15) is 57.1 Å². The molecule has 0 unspecified atom stereocenters. The molecular weight excluding hydrogens is 338 g/mol. The molecule has 134 valence electrons. The van der Waals surface area contributed by atoms with Gasteiger partial charge in [0.2, 0.25) is 0 Å². The maximum Gasteiger partial charge on any atom is 0.307 e. The average molecular weight is 362 g/mol. The largest absolute Gasteiger partial charge is 0.460 e. The standard InChI is InChI=1S/C20H24ClNO3/c1-12-10-14(21)6-7-15(12)17-13(2)22-25-18(17)20(8-9-20)11-16(23)24-19(3,4)5/h6-7,10H,8-9,11H2,1-5H3. The van der Waals surface area contributed by atoms with E-state index in [9.17, 15) is 4.79 Å². The number of ether oxygens (including phenoxy) is 1. The zero-order valence-electron chi connectivity index (χ0n) is 15.4. The number of halogens is 1. The third kappa shape index (κ3) is 3.74. The number of nitrogens with zero attached hydrogens (tertiary/aromatic N) is 1. The van der Waals surface area contributed by atoms with E-state index >= 15 is 0 Å². The number of hydrogen-bond donors (Lipinski definition) is 0. The lowest BCUT2D eigenvalue weighted by Gasteiger charge is -2.21. The molecule has 1 aliphatic rings. The summed E-state index contributed by atoms with van der Waals surface area (Å²) in [6.07, 6.45) is 2.12. The molecule has 4 nitrogen and oxygen atoms in total. The molecule has 0 spiro atoms. The van der Waals surface area contributed by atoms with E-state index < -0.39 is 5.60 Å². The summed E-state index contributed by atoms with van der Waals surface area (Å²) in [5, 5.41) is 4.89. The summed E-state index contributed by atoms with van der Waals surface area (Å²) >= 11 is 6.09. The average Bonchev–Trinajstić information content (AvgIpc) is 3.12. The first-order chi connectivity index (χ1) is 11.6. The van der Waals surface area contributed by atoms with Crippen LogP contribution < -0.4 is 0 Å². The summed E-state index contributed by atoms with van der Waals surface area (Å²) < 4.78 is 11.2. The molecule has 0 radical (unpaired) electrons. The van der Waals surface area contributed by atoms with Gasteiger partial charge in [-0.25, -0.2) is 0 Å². The zero-order chi connectivity index (χ0) is 18.4. The Bertz CT molecular complexity index is 813. The summed E-state index contributed by atoms with van der Waals surface area (Å²) in [7, 11) is 0. The van der Waals surface area contributed by atoms with Crippen LogP contribution in [0.25, 0.3) is 11.1 Å². The van der Waals surface area contributed by atoms with E-state index in [1.807, 2.05) is 52.8 Å².